The van der Waals surface area contributed by atoms with E-state index in [9.17, 15) is 4.79 Å². The quantitative estimate of drug-likeness (QED) is 0.407. The van der Waals surface area contributed by atoms with Gasteiger partial charge in [0.2, 0.25) is 0 Å². The molecule has 0 aromatic heterocycles. The molecule has 1 amide bonds. The molecule has 7 rings (SSSR count). The highest BCUT2D eigenvalue weighted by molar-refractivity contribution is 6.42. The standard InChI is InChI=1S/C34H45Cl2N2O.ClH/c1-25-20-26(2)22-27(21-25)32(39)37-15-10-34(24-37,29-8-9-30(35)31(36)23-29)14-19-38-16-11-33(12-17-38,13-18-38)28-6-4-3-5-7-28;/h8-9,20-23,28H,3-7,10-19,24H2,1-2H3;1H/q+1;/p-1. The van der Waals surface area contributed by atoms with Crippen molar-refractivity contribution in [2.45, 2.75) is 83.5 Å². The number of amides is 1. The molecule has 6 heteroatoms. The summed E-state index contributed by atoms with van der Waals surface area (Å²) >= 11 is 12.9. The predicted molar refractivity (Wildman–Crippen MR) is 162 cm³/mol. The minimum absolute atomic E-state index is 0. The average Bonchev–Trinajstić information content (AvgIpc) is 3.40. The molecule has 4 heterocycles. The van der Waals surface area contributed by atoms with E-state index in [0.717, 1.165) is 48.5 Å². The van der Waals surface area contributed by atoms with Crippen LogP contribution >= 0.6 is 23.2 Å². The van der Waals surface area contributed by atoms with Gasteiger partial charge in [-0.3, -0.25) is 4.79 Å². The largest absolute Gasteiger partial charge is 1.00 e. The number of aryl methyl sites for hydroxylation is 2. The van der Waals surface area contributed by atoms with Gasteiger partial charge in [0.15, 0.2) is 0 Å². The molecular formula is C34H45Cl3N2O. The third-order valence-electron chi connectivity index (χ3n) is 11.4. The Hall–Kier alpha value is -1.26. The van der Waals surface area contributed by atoms with Crippen molar-refractivity contribution in [1.29, 1.82) is 0 Å². The van der Waals surface area contributed by atoms with E-state index in [0.29, 0.717) is 15.5 Å². The summed E-state index contributed by atoms with van der Waals surface area (Å²) in [5, 5.41) is 1.22. The van der Waals surface area contributed by atoms with Crippen LogP contribution in [0.5, 0.6) is 0 Å². The topological polar surface area (TPSA) is 20.3 Å². The van der Waals surface area contributed by atoms with Crippen molar-refractivity contribution < 1.29 is 21.7 Å². The number of halogens is 3. The summed E-state index contributed by atoms with van der Waals surface area (Å²) in [7, 11) is 0. The summed E-state index contributed by atoms with van der Waals surface area (Å²) in [6, 6.07) is 12.4. The van der Waals surface area contributed by atoms with E-state index in [1.165, 1.54) is 87.6 Å². The third-order valence-corrected chi connectivity index (χ3v) is 12.2. The highest BCUT2D eigenvalue weighted by atomic mass is 35.5. The maximum Gasteiger partial charge on any atom is 0.253 e. The van der Waals surface area contributed by atoms with Gasteiger partial charge >= 0.3 is 0 Å². The number of quaternary nitrogens is 1. The van der Waals surface area contributed by atoms with Crippen molar-refractivity contribution in [2.24, 2.45) is 11.3 Å². The van der Waals surface area contributed by atoms with Gasteiger partial charge in [-0.05, 0) is 74.3 Å². The van der Waals surface area contributed by atoms with Gasteiger partial charge < -0.3 is 21.8 Å². The monoisotopic (exact) mass is 602 g/mol. The molecule has 4 aliphatic heterocycles. The molecule has 4 saturated heterocycles. The van der Waals surface area contributed by atoms with Crippen molar-refractivity contribution in [3.63, 3.8) is 0 Å². The lowest BCUT2D eigenvalue weighted by atomic mass is 9.59. The number of carbonyl (C=O) groups excluding carboxylic acids is 1. The first-order valence-corrected chi connectivity index (χ1v) is 16.2. The van der Waals surface area contributed by atoms with Crippen LogP contribution in [0, 0.1) is 25.2 Å². The third kappa shape index (κ3) is 5.70. The van der Waals surface area contributed by atoms with E-state index < -0.39 is 0 Å². The van der Waals surface area contributed by atoms with E-state index in [2.05, 4.69) is 36.9 Å². The van der Waals surface area contributed by atoms with Gasteiger partial charge in [0.25, 0.3) is 5.91 Å². The Morgan fingerprint density at radius 2 is 1.55 bits per heavy atom. The van der Waals surface area contributed by atoms with E-state index in [1.54, 1.807) is 0 Å². The highest BCUT2D eigenvalue weighted by Crippen LogP contribution is 2.53. The first-order chi connectivity index (χ1) is 18.7. The molecule has 2 aromatic rings. The van der Waals surface area contributed by atoms with Crippen LogP contribution in [0.15, 0.2) is 36.4 Å². The van der Waals surface area contributed by atoms with Crippen LogP contribution < -0.4 is 12.4 Å². The Balaban J connectivity index is 0.00000323. The van der Waals surface area contributed by atoms with Crippen LogP contribution in [0.2, 0.25) is 10.0 Å². The number of hydrogen-bond donors (Lipinski definition) is 0. The van der Waals surface area contributed by atoms with Crippen molar-refractivity contribution in [3.05, 3.63) is 68.7 Å². The summed E-state index contributed by atoms with van der Waals surface area (Å²) in [6.45, 7) is 10.9. The van der Waals surface area contributed by atoms with Gasteiger partial charge in [-0.25, -0.2) is 0 Å². The molecule has 218 valence electrons. The molecular weight excluding hydrogens is 559 g/mol. The molecule has 5 aliphatic rings. The lowest BCUT2D eigenvalue weighted by Gasteiger charge is -2.58. The predicted octanol–water partition coefficient (Wildman–Crippen LogP) is 5.37. The zero-order valence-electron chi connectivity index (χ0n) is 24.3. The zero-order chi connectivity index (χ0) is 27.3. The molecule has 0 N–H and O–H groups in total. The van der Waals surface area contributed by atoms with E-state index in [1.807, 2.05) is 18.2 Å². The number of likely N-dealkylation sites (tertiary alicyclic amines) is 1. The minimum Gasteiger partial charge on any atom is -1.00 e. The average molecular weight is 604 g/mol. The van der Waals surface area contributed by atoms with Gasteiger partial charge in [0, 0.05) is 49.8 Å². The van der Waals surface area contributed by atoms with Gasteiger partial charge in [0.05, 0.1) is 36.2 Å². The number of piperidine rings is 3. The summed E-state index contributed by atoms with van der Waals surface area (Å²) < 4.78 is 1.28. The van der Waals surface area contributed by atoms with Crippen molar-refractivity contribution in [2.75, 3.05) is 39.3 Å². The zero-order valence-corrected chi connectivity index (χ0v) is 26.6. The van der Waals surface area contributed by atoms with Gasteiger partial charge in [-0.15, -0.1) is 0 Å². The molecule has 1 aliphatic carbocycles. The second-order valence-corrected chi connectivity index (χ2v) is 14.5. The molecule has 40 heavy (non-hydrogen) atoms. The van der Waals surface area contributed by atoms with Gasteiger partial charge in [-0.1, -0.05) is 65.7 Å². The summed E-state index contributed by atoms with van der Waals surface area (Å²) in [6.07, 6.45) is 13.7. The van der Waals surface area contributed by atoms with Crippen molar-refractivity contribution >= 4 is 29.1 Å². The Bertz CT molecular complexity index is 1190. The fourth-order valence-corrected chi connectivity index (χ4v) is 9.24. The Kier molecular flexibility index (Phi) is 8.90. The van der Waals surface area contributed by atoms with Crippen LogP contribution in [0.4, 0.5) is 0 Å². The molecule has 3 nitrogen and oxygen atoms in total. The van der Waals surface area contributed by atoms with E-state index in [-0.39, 0.29) is 23.7 Å². The molecule has 1 atom stereocenters. The van der Waals surface area contributed by atoms with Crippen LogP contribution in [0.1, 0.15) is 91.3 Å². The first kappa shape index (κ1) is 30.2. The van der Waals surface area contributed by atoms with Crippen molar-refractivity contribution in [1.82, 2.24) is 4.90 Å². The Morgan fingerprint density at radius 3 is 2.17 bits per heavy atom. The van der Waals surface area contributed by atoms with E-state index >= 15 is 0 Å². The Morgan fingerprint density at radius 1 is 0.900 bits per heavy atom. The van der Waals surface area contributed by atoms with Crippen LogP contribution in [-0.2, 0) is 5.41 Å². The lowest BCUT2D eigenvalue weighted by molar-refractivity contribution is -0.946. The molecule has 0 radical (unpaired) electrons. The summed E-state index contributed by atoms with van der Waals surface area (Å²) in [4.78, 5) is 15.8. The maximum absolute atomic E-state index is 13.7. The molecule has 5 fully saturated rings. The fraction of sp³-hybridized carbons (Fsp3) is 0.618. The van der Waals surface area contributed by atoms with Crippen LogP contribution in [0.3, 0.4) is 0 Å². The number of fused-ring (bicyclic) bond motifs is 3. The van der Waals surface area contributed by atoms with Crippen LogP contribution in [0.25, 0.3) is 0 Å². The van der Waals surface area contributed by atoms with E-state index in [4.69, 9.17) is 23.2 Å². The summed E-state index contributed by atoms with van der Waals surface area (Å²) in [5.41, 5.74) is 4.91. The number of nitrogens with zero attached hydrogens (tertiary/aromatic N) is 2. The molecule has 1 unspecified atom stereocenters. The second-order valence-electron chi connectivity index (χ2n) is 13.7. The van der Waals surface area contributed by atoms with Crippen molar-refractivity contribution in [3.8, 4) is 0 Å². The molecule has 2 bridgehead atoms. The lowest BCUT2D eigenvalue weighted by Crippen LogP contribution is -3.00. The number of benzene rings is 2. The van der Waals surface area contributed by atoms with Gasteiger partial charge in [0.1, 0.15) is 0 Å². The van der Waals surface area contributed by atoms with Crippen LogP contribution in [-0.4, -0.2) is 54.6 Å². The highest BCUT2D eigenvalue weighted by Gasteiger charge is 2.53. The Labute approximate surface area is 257 Å². The first-order valence-electron chi connectivity index (χ1n) is 15.4. The number of rotatable bonds is 6. The SMILES string of the molecule is Cc1cc(C)cc(C(=O)N2CCC(CC[N+]34CCC(C5CCCCC5)(CC3)CC4)(c3ccc(Cl)c(Cl)c3)C2)c1.[Cl-]. The molecule has 0 spiro atoms. The summed E-state index contributed by atoms with van der Waals surface area (Å²) in [5.74, 6) is 1.14. The number of carbonyl (C=O) groups is 1. The fourth-order valence-electron chi connectivity index (χ4n) is 8.94. The molecule has 2 aromatic carbocycles. The normalized spacial score (nSPS) is 30.4. The smallest absolute Gasteiger partial charge is 0.253 e. The van der Waals surface area contributed by atoms with Gasteiger partial charge in [-0.2, -0.15) is 0 Å². The molecule has 1 saturated carbocycles. The minimum atomic E-state index is -0.0783. The maximum atomic E-state index is 13.7. The number of hydrogen-bond acceptors (Lipinski definition) is 1. The second kappa shape index (κ2) is 11.8.